The largest absolute Gasteiger partial charge is 0.417 e. The predicted molar refractivity (Wildman–Crippen MR) is 169 cm³/mol. The van der Waals surface area contributed by atoms with E-state index in [0.717, 1.165) is 51.6 Å². The Morgan fingerprint density at radius 2 is 1.38 bits per heavy atom. The van der Waals surface area contributed by atoms with Gasteiger partial charge >= 0.3 is 0 Å². The van der Waals surface area contributed by atoms with E-state index in [-0.39, 0.29) is 33.4 Å². The zero-order valence-electron chi connectivity index (χ0n) is 28.2. The molecule has 1 aliphatic heterocycles. The van der Waals surface area contributed by atoms with Crippen LogP contribution in [0, 0.1) is 34.5 Å². The van der Waals surface area contributed by atoms with Crippen molar-refractivity contribution in [1.29, 1.82) is 0 Å². The molecule has 1 spiro atoms. The van der Waals surface area contributed by atoms with E-state index in [1.54, 1.807) is 0 Å². The number of rotatable bonds is 7. The summed E-state index contributed by atoms with van der Waals surface area (Å²) in [5.41, 5.74) is 0.108. The molecule has 7 heteroatoms. The molecule has 40 heavy (non-hydrogen) atoms. The Morgan fingerprint density at radius 1 is 0.800 bits per heavy atom. The first-order valence-electron chi connectivity index (χ1n) is 16.4. The third kappa shape index (κ3) is 5.61. The highest BCUT2D eigenvalue weighted by Crippen LogP contribution is 2.67. The van der Waals surface area contributed by atoms with E-state index in [2.05, 4.69) is 81.6 Å². The molecular weight excluding hydrogens is 533 g/mol. The lowest BCUT2D eigenvalue weighted by Crippen LogP contribution is -2.57. The smallest absolute Gasteiger partial charge is 0.192 e. The van der Waals surface area contributed by atoms with Crippen molar-refractivity contribution >= 4 is 16.6 Å². The third-order valence-electron chi connectivity index (χ3n) is 13.5. The standard InChI is InChI=1S/C33H64O5Si2/c1-29(2,3)39(9,10)37-23-24-21-25(38-40(11,12)30(4,5)6)13-16-31(24,7)27-14-17-32(8)28(26(27)22-34)15-18-33(32)35-19-20-36-33/h24-28,34H,13-23H2,1-12H3/t24-,25?,26-,27+,28+,31+,32+/m1/s1. The van der Waals surface area contributed by atoms with Gasteiger partial charge in [-0.3, -0.25) is 0 Å². The molecule has 4 aliphatic rings. The van der Waals surface area contributed by atoms with Crippen LogP contribution in [0.4, 0.5) is 0 Å². The third-order valence-corrected chi connectivity index (χ3v) is 22.5. The SMILES string of the molecule is CC(C)(C)[Si](C)(C)OC[C@H]1CC(O[Si](C)(C)C(C)(C)C)CC[C@]1(C)[C@H]1CC[C@@]2(C)[C@@H](CCC23OCCO3)[C@@H]1CO. The average Bonchev–Trinajstić information content (AvgIpc) is 3.43. The van der Waals surface area contributed by atoms with Gasteiger partial charge < -0.3 is 23.4 Å². The van der Waals surface area contributed by atoms with E-state index in [4.69, 9.17) is 18.3 Å². The van der Waals surface area contributed by atoms with Crippen molar-refractivity contribution in [2.45, 2.75) is 148 Å². The van der Waals surface area contributed by atoms with Gasteiger partial charge in [0.2, 0.25) is 0 Å². The van der Waals surface area contributed by atoms with Crippen molar-refractivity contribution in [3.05, 3.63) is 0 Å². The Balaban J connectivity index is 1.61. The fourth-order valence-electron chi connectivity index (χ4n) is 8.60. The van der Waals surface area contributed by atoms with E-state index >= 15 is 0 Å². The van der Waals surface area contributed by atoms with Crippen molar-refractivity contribution in [2.75, 3.05) is 26.4 Å². The van der Waals surface area contributed by atoms with Crippen molar-refractivity contribution < 1.29 is 23.4 Å². The fraction of sp³-hybridized carbons (Fsp3) is 1.00. The summed E-state index contributed by atoms with van der Waals surface area (Å²) in [5, 5.41) is 11.4. The van der Waals surface area contributed by atoms with Crippen LogP contribution in [0.1, 0.15) is 100 Å². The van der Waals surface area contributed by atoms with Crippen LogP contribution in [0.15, 0.2) is 0 Å². The molecule has 0 amide bonds. The van der Waals surface area contributed by atoms with Crippen LogP contribution in [-0.2, 0) is 18.3 Å². The minimum Gasteiger partial charge on any atom is -0.417 e. The van der Waals surface area contributed by atoms with Gasteiger partial charge in [-0.05, 0) is 104 Å². The first-order valence-corrected chi connectivity index (χ1v) is 22.3. The maximum Gasteiger partial charge on any atom is 0.192 e. The minimum absolute atomic E-state index is 0.0143. The molecule has 234 valence electrons. The van der Waals surface area contributed by atoms with Gasteiger partial charge in [0.05, 0.1) is 13.2 Å². The number of aliphatic hydroxyl groups excluding tert-OH is 1. The maximum atomic E-state index is 11.0. The van der Waals surface area contributed by atoms with Gasteiger partial charge in [-0.15, -0.1) is 0 Å². The number of ether oxygens (including phenoxy) is 2. The van der Waals surface area contributed by atoms with Gasteiger partial charge in [-0.1, -0.05) is 55.4 Å². The van der Waals surface area contributed by atoms with Crippen molar-refractivity contribution in [3.8, 4) is 0 Å². The Kier molecular flexibility index (Phi) is 9.10. The van der Waals surface area contributed by atoms with Crippen LogP contribution in [0.25, 0.3) is 0 Å². The van der Waals surface area contributed by atoms with E-state index < -0.39 is 22.4 Å². The van der Waals surface area contributed by atoms with Gasteiger partial charge in [0.25, 0.3) is 0 Å². The van der Waals surface area contributed by atoms with Crippen LogP contribution in [0.5, 0.6) is 0 Å². The molecule has 0 bridgehead atoms. The molecule has 7 atom stereocenters. The quantitative estimate of drug-likeness (QED) is 0.299. The summed E-state index contributed by atoms with van der Waals surface area (Å²) in [6.45, 7) is 31.1. The van der Waals surface area contributed by atoms with Crippen LogP contribution in [-0.4, -0.2) is 60.1 Å². The molecule has 3 saturated carbocycles. The van der Waals surface area contributed by atoms with Crippen molar-refractivity contribution in [3.63, 3.8) is 0 Å². The summed E-state index contributed by atoms with van der Waals surface area (Å²) in [6, 6.07) is 0. The van der Waals surface area contributed by atoms with Gasteiger partial charge in [0, 0.05) is 31.2 Å². The zero-order chi connectivity index (χ0) is 30.0. The van der Waals surface area contributed by atoms with E-state index in [1.165, 1.54) is 0 Å². The summed E-state index contributed by atoms with van der Waals surface area (Å²) in [4.78, 5) is 0. The Labute approximate surface area is 249 Å². The van der Waals surface area contributed by atoms with Crippen molar-refractivity contribution in [1.82, 2.24) is 0 Å². The molecule has 3 aliphatic carbocycles. The highest BCUT2D eigenvalue weighted by molar-refractivity contribution is 6.74. The van der Waals surface area contributed by atoms with E-state index in [0.29, 0.717) is 37.1 Å². The van der Waals surface area contributed by atoms with Crippen LogP contribution < -0.4 is 0 Å². The van der Waals surface area contributed by atoms with Gasteiger partial charge in [0.1, 0.15) is 0 Å². The highest BCUT2D eigenvalue weighted by Gasteiger charge is 2.66. The average molecular weight is 597 g/mol. The van der Waals surface area contributed by atoms with Gasteiger partial charge in [-0.25, -0.2) is 0 Å². The van der Waals surface area contributed by atoms with Gasteiger partial charge in [-0.2, -0.15) is 0 Å². The lowest BCUT2D eigenvalue weighted by molar-refractivity contribution is -0.245. The summed E-state index contributed by atoms with van der Waals surface area (Å²) >= 11 is 0. The Bertz CT molecular complexity index is 886. The molecule has 1 N–H and O–H groups in total. The molecule has 0 radical (unpaired) electrons. The molecule has 4 fully saturated rings. The topological polar surface area (TPSA) is 57.2 Å². The number of fused-ring (bicyclic) bond motifs is 2. The van der Waals surface area contributed by atoms with E-state index in [9.17, 15) is 5.11 Å². The second kappa shape index (κ2) is 11.0. The lowest BCUT2D eigenvalue weighted by atomic mass is 9.49. The molecular formula is C33H64O5Si2. The summed E-state index contributed by atoms with van der Waals surface area (Å²) in [7, 11) is -3.76. The summed E-state index contributed by atoms with van der Waals surface area (Å²) < 4.78 is 26.8. The van der Waals surface area contributed by atoms with Gasteiger partial charge in [0.15, 0.2) is 22.4 Å². The normalized spacial score (nSPS) is 39.1. The Hall–Kier alpha value is 0.234. The zero-order valence-corrected chi connectivity index (χ0v) is 30.2. The first kappa shape index (κ1) is 33.1. The second-order valence-corrected chi connectivity index (χ2v) is 27.1. The monoisotopic (exact) mass is 596 g/mol. The van der Waals surface area contributed by atoms with E-state index in [1.807, 2.05) is 0 Å². The van der Waals surface area contributed by atoms with Crippen LogP contribution in [0.2, 0.25) is 36.3 Å². The minimum atomic E-state index is -1.89. The molecule has 1 unspecified atom stereocenters. The molecule has 1 heterocycles. The number of aliphatic hydroxyl groups is 1. The second-order valence-electron chi connectivity index (χ2n) is 17.6. The summed E-state index contributed by atoms with van der Waals surface area (Å²) in [5.74, 6) is 1.20. The highest BCUT2D eigenvalue weighted by atomic mass is 28.4. The van der Waals surface area contributed by atoms with Crippen LogP contribution in [0.3, 0.4) is 0 Å². The molecule has 0 aromatic heterocycles. The first-order chi connectivity index (χ1) is 18.2. The Morgan fingerprint density at radius 3 is 1.93 bits per heavy atom. The number of hydrogen-bond donors (Lipinski definition) is 1. The van der Waals surface area contributed by atoms with Crippen molar-refractivity contribution in [2.24, 2.45) is 34.5 Å². The maximum absolute atomic E-state index is 11.0. The molecule has 4 rings (SSSR count). The molecule has 0 aromatic carbocycles. The van der Waals surface area contributed by atoms with Crippen LogP contribution >= 0.6 is 0 Å². The lowest BCUT2D eigenvalue weighted by Gasteiger charge is -2.58. The fourth-order valence-corrected chi connectivity index (χ4v) is 11.1. The number of hydrogen-bond acceptors (Lipinski definition) is 5. The summed E-state index contributed by atoms with van der Waals surface area (Å²) in [6.07, 6.45) is 7.96. The predicted octanol–water partition coefficient (Wildman–Crippen LogP) is 8.38. The molecule has 5 nitrogen and oxygen atoms in total. The molecule has 0 aromatic rings. The molecule has 1 saturated heterocycles.